The summed E-state index contributed by atoms with van der Waals surface area (Å²) in [7, 11) is 2.20. The molecule has 0 spiro atoms. The van der Waals surface area contributed by atoms with Crippen molar-refractivity contribution >= 4 is 11.9 Å². The van der Waals surface area contributed by atoms with Crippen LogP contribution < -0.4 is 0 Å². The van der Waals surface area contributed by atoms with Gasteiger partial charge in [0.05, 0.1) is 14.2 Å². The van der Waals surface area contributed by atoms with Crippen LogP contribution >= 0.6 is 0 Å². The van der Waals surface area contributed by atoms with Gasteiger partial charge in [0.1, 0.15) is 12.1 Å². The summed E-state index contributed by atoms with van der Waals surface area (Å²) in [6, 6.07) is 0. The van der Waals surface area contributed by atoms with Gasteiger partial charge in [-0.05, 0) is 0 Å². The van der Waals surface area contributed by atoms with Gasteiger partial charge in [0.25, 0.3) is 6.43 Å². The first-order valence-electron chi connectivity index (χ1n) is 4.51. The maximum atomic E-state index is 12.1. The fourth-order valence-electron chi connectivity index (χ4n) is 1.16. The van der Waals surface area contributed by atoms with Gasteiger partial charge in [0.15, 0.2) is 5.69 Å². The number of esters is 2. The lowest BCUT2D eigenvalue weighted by atomic mass is 10.2. The Bertz CT molecular complexity index is 397. The second kappa shape index (κ2) is 5.37. The van der Waals surface area contributed by atoms with Crippen LogP contribution in [0, 0.1) is 0 Å². The molecule has 94 valence electrons. The number of ether oxygens (including phenoxy) is 2. The first-order chi connectivity index (χ1) is 7.99. The Morgan fingerprint density at radius 1 is 1.35 bits per heavy atom. The molecule has 0 atom stereocenters. The molecule has 1 aromatic heterocycles. The highest BCUT2D eigenvalue weighted by Gasteiger charge is 2.24. The van der Waals surface area contributed by atoms with E-state index in [1.807, 2.05) is 0 Å². The van der Waals surface area contributed by atoms with E-state index in [4.69, 9.17) is 0 Å². The number of alkyl halides is 2. The first kappa shape index (κ1) is 13.1. The monoisotopic (exact) mass is 248 g/mol. The third kappa shape index (κ3) is 2.99. The molecule has 1 aromatic rings. The van der Waals surface area contributed by atoms with Crippen LogP contribution in [0.5, 0.6) is 0 Å². The molecule has 8 heteroatoms. The van der Waals surface area contributed by atoms with Crippen LogP contribution in [0.4, 0.5) is 8.78 Å². The van der Waals surface area contributed by atoms with Gasteiger partial charge in [-0.2, -0.15) is 5.10 Å². The summed E-state index contributed by atoms with van der Waals surface area (Å²) in [5.41, 5.74) is -0.556. The molecule has 0 amide bonds. The molecule has 6 nitrogen and oxygen atoms in total. The Kier molecular flexibility index (Phi) is 4.13. The number of aromatic nitrogens is 2. The lowest BCUT2D eigenvalue weighted by Crippen LogP contribution is -2.11. The third-order valence-electron chi connectivity index (χ3n) is 1.87. The number of methoxy groups -OCH3 is 2. The van der Waals surface area contributed by atoms with Crippen molar-refractivity contribution in [3.63, 3.8) is 0 Å². The number of rotatable bonds is 4. The summed E-state index contributed by atoms with van der Waals surface area (Å²) in [5, 5.41) is 3.55. The lowest BCUT2D eigenvalue weighted by molar-refractivity contribution is 0.0551. The molecule has 17 heavy (non-hydrogen) atoms. The van der Waals surface area contributed by atoms with Crippen molar-refractivity contribution in [1.29, 1.82) is 0 Å². The number of carbonyl (C=O) groups excluding carboxylic acids is 2. The second-order valence-corrected chi connectivity index (χ2v) is 2.99. The smallest absolute Gasteiger partial charge is 0.359 e. The van der Waals surface area contributed by atoms with Crippen LogP contribution in [0.2, 0.25) is 0 Å². The molecule has 0 radical (unpaired) electrons. The zero-order valence-corrected chi connectivity index (χ0v) is 9.15. The molecule has 1 rings (SSSR count). The first-order valence-corrected chi connectivity index (χ1v) is 4.51. The minimum atomic E-state index is -2.65. The molecule has 0 aliphatic heterocycles. The maximum absolute atomic E-state index is 12.1. The molecule has 0 aliphatic rings. The Morgan fingerprint density at radius 2 is 1.94 bits per heavy atom. The lowest BCUT2D eigenvalue weighted by Gasteiger charge is -1.98. The van der Waals surface area contributed by atoms with Crippen molar-refractivity contribution in [2.75, 3.05) is 14.2 Å². The molecule has 0 saturated heterocycles. The zero-order chi connectivity index (χ0) is 13.0. The van der Waals surface area contributed by atoms with Crippen molar-refractivity contribution in [3.8, 4) is 0 Å². The van der Waals surface area contributed by atoms with Crippen molar-refractivity contribution < 1.29 is 27.8 Å². The van der Waals surface area contributed by atoms with E-state index >= 15 is 0 Å². The maximum Gasteiger partial charge on any atom is 0.359 e. The topological polar surface area (TPSA) is 70.4 Å². The van der Waals surface area contributed by atoms with E-state index in [0.29, 0.717) is 0 Å². The predicted molar refractivity (Wildman–Crippen MR) is 50.9 cm³/mol. The van der Waals surface area contributed by atoms with E-state index < -0.39 is 24.9 Å². The SMILES string of the molecule is COC(=O)c1cn(CC(F)F)nc1C(=O)OC. The summed E-state index contributed by atoms with van der Waals surface area (Å²) in [5.74, 6) is -1.73. The Hall–Kier alpha value is -1.99. The number of halogens is 2. The van der Waals surface area contributed by atoms with Crippen molar-refractivity contribution in [2.24, 2.45) is 0 Å². The highest BCUT2D eigenvalue weighted by molar-refractivity contribution is 6.01. The normalized spacial score (nSPS) is 10.4. The van der Waals surface area contributed by atoms with Gasteiger partial charge >= 0.3 is 11.9 Å². The van der Waals surface area contributed by atoms with Gasteiger partial charge in [-0.15, -0.1) is 0 Å². The van der Waals surface area contributed by atoms with Crippen molar-refractivity contribution in [2.45, 2.75) is 13.0 Å². The van der Waals surface area contributed by atoms with E-state index in [2.05, 4.69) is 14.6 Å². The summed E-state index contributed by atoms with van der Waals surface area (Å²) >= 11 is 0. The molecule has 0 N–H and O–H groups in total. The third-order valence-corrected chi connectivity index (χ3v) is 1.87. The zero-order valence-electron chi connectivity index (χ0n) is 9.15. The van der Waals surface area contributed by atoms with Gasteiger partial charge in [-0.3, -0.25) is 4.68 Å². The van der Waals surface area contributed by atoms with Gasteiger partial charge in [-0.1, -0.05) is 0 Å². The van der Waals surface area contributed by atoms with Crippen molar-refractivity contribution in [1.82, 2.24) is 9.78 Å². The molecular formula is C9H10F2N2O4. The van der Waals surface area contributed by atoms with Crippen LogP contribution in [0.1, 0.15) is 20.8 Å². The minimum Gasteiger partial charge on any atom is -0.465 e. The summed E-state index contributed by atoms with van der Waals surface area (Å²) in [6.45, 7) is -0.721. The quantitative estimate of drug-likeness (QED) is 0.734. The molecule has 0 saturated carbocycles. The molecule has 0 unspecified atom stereocenters. The van der Waals surface area contributed by atoms with Crippen LogP contribution in [0.3, 0.4) is 0 Å². The molecule has 0 bridgehead atoms. The molecule has 1 heterocycles. The highest BCUT2D eigenvalue weighted by Crippen LogP contribution is 2.11. The average molecular weight is 248 g/mol. The second-order valence-electron chi connectivity index (χ2n) is 2.99. The molecule has 0 aromatic carbocycles. The van der Waals surface area contributed by atoms with Crippen LogP contribution in [-0.2, 0) is 16.0 Å². The van der Waals surface area contributed by atoms with E-state index in [1.165, 1.54) is 0 Å². The minimum absolute atomic E-state index is 0.208. The highest BCUT2D eigenvalue weighted by atomic mass is 19.3. The Morgan fingerprint density at radius 3 is 2.41 bits per heavy atom. The summed E-state index contributed by atoms with van der Waals surface area (Å²) < 4.78 is 33.8. The molecule has 0 fully saturated rings. The van der Waals surface area contributed by atoms with Crippen LogP contribution in [0.25, 0.3) is 0 Å². The van der Waals surface area contributed by atoms with Gasteiger partial charge in [-0.25, -0.2) is 18.4 Å². The van der Waals surface area contributed by atoms with E-state index in [-0.39, 0.29) is 11.3 Å². The summed E-state index contributed by atoms with van der Waals surface area (Å²) in [4.78, 5) is 22.5. The largest absolute Gasteiger partial charge is 0.465 e. The Balaban J connectivity index is 3.11. The summed E-state index contributed by atoms with van der Waals surface area (Å²) in [6.07, 6.45) is -1.63. The standard InChI is InChI=1S/C9H10F2N2O4/c1-16-8(14)5-3-13(4-6(10)11)12-7(5)9(15)17-2/h3,6H,4H2,1-2H3. The van der Waals surface area contributed by atoms with E-state index in [9.17, 15) is 18.4 Å². The predicted octanol–water partition coefficient (Wildman–Crippen LogP) is 0.721. The fraction of sp³-hybridized carbons (Fsp3) is 0.444. The van der Waals surface area contributed by atoms with Crippen LogP contribution in [-0.4, -0.2) is 42.4 Å². The van der Waals surface area contributed by atoms with Gasteiger partial charge < -0.3 is 9.47 Å². The van der Waals surface area contributed by atoms with Gasteiger partial charge in [0.2, 0.25) is 0 Å². The number of carbonyl (C=O) groups is 2. The number of hydrogen-bond acceptors (Lipinski definition) is 5. The molecule has 0 aliphatic carbocycles. The fourth-order valence-corrected chi connectivity index (χ4v) is 1.16. The number of hydrogen-bond donors (Lipinski definition) is 0. The van der Waals surface area contributed by atoms with E-state index in [0.717, 1.165) is 25.1 Å². The van der Waals surface area contributed by atoms with Crippen LogP contribution in [0.15, 0.2) is 6.20 Å². The number of nitrogens with zero attached hydrogens (tertiary/aromatic N) is 2. The Labute approximate surface area is 95.1 Å². The average Bonchev–Trinajstić information content (AvgIpc) is 2.69. The van der Waals surface area contributed by atoms with E-state index in [1.54, 1.807) is 0 Å². The van der Waals surface area contributed by atoms with Crippen molar-refractivity contribution in [3.05, 3.63) is 17.5 Å². The molecular weight excluding hydrogens is 238 g/mol. The van der Waals surface area contributed by atoms with Gasteiger partial charge in [0, 0.05) is 6.20 Å².